The van der Waals surface area contributed by atoms with Gasteiger partial charge in [-0.2, -0.15) is 5.26 Å². The fraction of sp³-hybridized carbons (Fsp3) is 0.409. The number of carbonyl (C=O) groups excluding carboxylic acids is 2. The Hall–Kier alpha value is -2.65. The standard InChI is InChI=1S/C22H25N3O2S/c1-16(2)25(15-18-7-5-17(14-23)6-8-18)21(26)19-9-11-24(12-10-19)22(27)20-4-3-13-28-20/h3-8,13,16,19H,9-12,15H2,1-2H3. The summed E-state index contributed by atoms with van der Waals surface area (Å²) in [7, 11) is 0. The van der Waals surface area contributed by atoms with Gasteiger partial charge in [0.2, 0.25) is 5.91 Å². The topological polar surface area (TPSA) is 64.4 Å². The Morgan fingerprint density at radius 3 is 2.43 bits per heavy atom. The average Bonchev–Trinajstić information content (AvgIpc) is 3.26. The quantitative estimate of drug-likeness (QED) is 0.771. The van der Waals surface area contributed by atoms with Crippen LogP contribution in [0.3, 0.4) is 0 Å². The van der Waals surface area contributed by atoms with Crippen LogP contribution >= 0.6 is 11.3 Å². The summed E-state index contributed by atoms with van der Waals surface area (Å²) < 4.78 is 0. The van der Waals surface area contributed by atoms with E-state index in [0.717, 1.165) is 10.4 Å². The van der Waals surface area contributed by atoms with Crippen molar-refractivity contribution in [1.82, 2.24) is 9.80 Å². The molecule has 1 fully saturated rings. The van der Waals surface area contributed by atoms with Gasteiger partial charge >= 0.3 is 0 Å². The van der Waals surface area contributed by atoms with E-state index < -0.39 is 0 Å². The Morgan fingerprint density at radius 1 is 1.21 bits per heavy atom. The van der Waals surface area contributed by atoms with Gasteiger partial charge in [0, 0.05) is 31.6 Å². The second kappa shape index (κ2) is 9.03. The highest BCUT2D eigenvalue weighted by Crippen LogP contribution is 2.24. The summed E-state index contributed by atoms with van der Waals surface area (Å²) in [5, 5.41) is 10.8. The van der Waals surface area contributed by atoms with Gasteiger partial charge in [-0.25, -0.2) is 0 Å². The van der Waals surface area contributed by atoms with Crippen molar-refractivity contribution >= 4 is 23.2 Å². The van der Waals surface area contributed by atoms with Gasteiger partial charge in [-0.05, 0) is 55.8 Å². The van der Waals surface area contributed by atoms with Crippen molar-refractivity contribution in [2.75, 3.05) is 13.1 Å². The number of benzene rings is 1. The maximum absolute atomic E-state index is 13.1. The first-order valence-electron chi connectivity index (χ1n) is 9.62. The van der Waals surface area contributed by atoms with Crippen LogP contribution < -0.4 is 0 Å². The third-order valence-corrected chi connectivity index (χ3v) is 6.06. The Bertz CT molecular complexity index is 845. The monoisotopic (exact) mass is 395 g/mol. The Kier molecular flexibility index (Phi) is 6.48. The second-order valence-electron chi connectivity index (χ2n) is 7.41. The van der Waals surface area contributed by atoms with E-state index in [2.05, 4.69) is 6.07 Å². The molecule has 2 heterocycles. The molecule has 0 spiro atoms. The molecule has 1 aliphatic heterocycles. The number of rotatable bonds is 5. The van der Waals surface area contributed by atoms with E-state index in [1.807, 2.05) is 53.3 Å². The van der Waals surface area contributed by atoms with Gasteiger partial charge in [0.15, 0.2) is 0 Å². The number of piperidine rings is 1. The zero-order valence-electron chi connectivity index (χ0n) is 16.3. The SMILES string of the molecule is CC(C)N(Cc1ccc(C#N)cc1)C(=O)C1CCN(C(=O)c2cccs2)CC1. The molecule has 0 N–H and O–H groups in total. The molecule has 2 amide bonds. The molecule has 5 nitrogen and oxygen atoms in total. The lowest BCUT2D eigenvalue weighted by Crippen LogP contribution is -2.46. The minimum Gasteiger partial charge on any atom is -0.338 e. The van der Waals surface area contributed by atoms with Gasteiger partial charge in [0.1, 0.15) is 0 Å². The van der Waals surface area contributed by atoms with E-state index in [-0.39, 0.29) is 23.8 Å². The van der Waals surface area contributed by atoms with Gasteiger partial charge < -0.3 is 9.80 Å². The molecule has 0 atom stereocenters. The van der Waals surface area contributed by atoms with Crippen molar-refractivity contribution in [1.29, 1.82) is 5.26 Å². The minimum atomic E-state index is -0.0480. The fourth-order valence-electron chi connectivity index (χ4n) is 3.52. The normalized spacial score (nSPS) is 14.7. The van der Waals surface area contributed by atoms with Crippen LogP contribution in [0.2, 0.25) is 0 Å². The summed E-state index contributed by atoms with van der Waals surface area (Å²) in [5.41, 5.74) is 1.64. The van der Waals surface area contributed by atoms with Gasteiger partial charge in [0.05, 0.1) is 16.5 Å². The summed E-state index contributed by atoms with van der Waals surface area (Å²) in [6.07, 6.45) is 1.40. The molecule has 0 bridgehead atoms. The molecule has 3 rings (SSSR count). The Morgan fingerprint density at radius 2 is 1.89 bits per heavy atom. The molecule has 1 aromatic carbocycles. The molecular formula is C22H25N3O2S. The number of likely N-dealkylation sites (tertiary alicyclic amines) is 1. The number of amides is 2. The maximum atomic E-state index is 13.1. The van der Waals surface area contributed by atoms with E-state index in [9.17, 15) is 9.59 Å². The molecule has 0 aliphatic carbocycles. The van der Waals surface area contributed by atoms with E-state index >= 15 is 0 Å². The molecule has 0 unspecified atom stereocenters. The number of hydrogen-bond acceptors (Lipinski definition) is 4. The predicted octanol–water partition coefficient (Wildman–Crippen LogP) is 3.91. The van der Waals surface area contributed by atoms with Crippen LogP contribution in [0, 0.1) is 17.2 Å². The molecule has 6 heteroatoms. The lowest BCUT2D eigenvalue weighted by molar-refractivity contribution is -0.139. The first kappa shape index (κ1) is 20.1. The van der Waals surface area contributed by atoms with Gasteiger partial charge in [0.25, 0.3) is 5.91 Å². The molecule has 146 valence electrons. The molecule has 0 radical (unpaired) electrons. The molecule has 2 aromatic rings. The summed E-state index contributed by atoms with van der Waals surface area (Å²) in [4.78, 5) is 30.2. The van der Waals surface area contributed by atoms with Crippen molar-refractivity contribution < 1.29 is 9.59 Å². The molecule has 28 heavy (non-hydrogen) atoms. The van der Waals surface area contributed by atoms with E-state index in [4.69, 9.17) is 5.26 Å². The first-order valence-corrected chi connectivity index (χ1v) is 10.5. The van der Waals surface area contributed by atoms with Gasteiger partial charge in [-0.15, -0.1) is 11.3 Å². The number of carbonyl (C=O) groups is 2. The zero-order valence-corrected chi connectivity index (χ0v) is 17.1. The van der Waals surface area contributed by atoms with E-state index in [1.165, 1.54) is 11.3 Å². The molecule has 1 saturated heterocycles. The average molecular weight is 396 g/mol. The van der Waals surface area contributed by atoms with Crippen LogP contribution in [-0.4, -0.2) is 40.7 Å². The highest BCUT2D eigenvalue weighted by Gasteiger charge is 2.31. The first-order chi connectivity index (χ1) is 13.5. The minimum absolute atomic E-state index is 0.0480. The van der Waals surface area contributed by atoms with Gasteiger partial charge in [-0.1, -0.05) is 18.2 Å². The lowest BCUT2D eigenvalue weighted by Gasteiger charge is -2.35. The van der Waals surface area contributed by atoms with Crippen molar-refractivity contribution in [2.45, 2.75) is 39.3 Å². The van der Waals surface area contributed by atoms with E-state index in [0.29, 0.717) is 38.0 Å². The smallest absolute Gasteiger partial charge is 0.263 e. The van der Waals surface area contributed by atoms with Crippen LogP contribution in [-0.2, 0) is 11.3 Å². The number of nitriles is 1. The van der Waals surface area contributed by atoms with Crippen LogP contribution in [0.1, 0.15) is 47.5 Å². The zero-order chi connectivity index (χ0) is 20.1. The van der Waals surface area contributed by atoms with Crippen molar-refractivity contribution in [2.24, 2.45) is 5.92 Å². The van der Waals surface area contributed by atoms with Crippen LogP contribution in [0.15, 0.2) is 41.8 Å². The highest BCUT2D eigenvalue weighted by molar-refractivity contribution is 7.12. The number of hydrogen-bond donors (Lipinski definition) is 0. The van der Waals surface area contributed by atoms with Crippen molar-refractivity contribution in [3.63, 3.8) is 0 Å². The summed E-state index contributed by atoms with van der Waals surface area (Å²) in [5.74, 6) is 0.176. The molecule has 0 saturated carbocycles. The third-order valence-electron chi connectivity index (χ3n) is 5.21. The van der Waals surface area contributed by atoms with E-state index in [1.54, 1.807) is 12.1 Å². The Labute approximate surface area is 170 Å². The number of nitrogens with zero attached hydrogens (tertiary/aromatic N) is 3. The maximum Gasteiger partial charge on any atom is 0.263 e. The van der Waals surface area contributed by atoms with Crippen LogP contribution in [0.25, 0.3) is 0 Å². The largest absolute Gasteiger partial charge is 0.338 e. The highest BCUT2D eigenvalue weighted by atomic mass is 32.1. The van der Waals surface area contributed by atoms with Crippen molar-refractivity contribution in [3.05, 3.63) is 57.8 Å². The van der Waals surface area contributed by atoms with Crippen LogP contribution in [0.5, 0.6) is 0 Å². The molecular weight excluding hydrogens is 370 g/mol. The number of thiophene rings is 1. The second-order valence-corrected chi connectivity index (χ2v) is 8.36. The molecule has 1 aromatic heterocycles. The summed E-state index contributed by atoms with van der Waals surface area (Å²) in [6, 6.07) is 13.3. The Balaban J connectivity index is 1.61. The van der Waals surface area contributed by atoms with Gasteiger partial charge in [-0.3, -0.25) is 9.59 Å². The summed E-state index contributed by atoms with van der Waals surface area (Å²) >= 11 is 1.46. The lowest BCUT2D eigenvalue weighted by atomic mass is 9.94. The van der Waals surface area contributed by atoms with Crippen LogP contribution in [0.4, 0.5) is 0 Å². The van der Waals surface area contributed by atoms with Crippen molar-refractivity contribution in [3.8, 4) is 6.07 Å². The predicted molar refractivity (Wildman–Crippen MR) is 110 cm³/mol. The fourth-order valence-corrected chi connectivity index (χ4v) is 4.21. The molecule has 1 aliphatic rings. The summed E-state index contributed by atoms with van der Waals surface area (Å²) in [6.45, 7) is 5.83. The third kappa shape index (κ3) is 4.60.